The summed E-state index contributed by atoms with van der Waals surface area (Å²) >= 11 is 1.35. The number of thioether (sulfide) groups is 1. The van der Waals surface area contributed by atoms with Crippen molar-refractivity contribution in [3.63, 3.8) is 0 Å². The maximum Gasteiger partial charge on any atom is 0.283 e. The molecule has 0 spiro atoms. The van der Waals surface area contributed by atoms with E-state index in [2.05, 4.69) is 31.0 Å². The highest BCUT2D eigenvalue weighted by molar-refractivity contribution is 8.17. The van der Waals surface area contributed by atoms with Crippen molar-refractivity contribution in [1.82, 2.24) is 4.90 Å². The van der Waals surface area contributed by atoms with Gasteiger partial charge >= 0.3 is 0 Å². The van der Waals surface area contributed by atoms with Crippen molar-refractivity contribution >= 4 is 40.4 Å². The quantitative estimate of drug-likeness (QED) is 0.284. The number of rotatable bonds is 8. The Morgan fingerprint density at radius 2 is 1.76 bits per heavy atom. The average Bonchev–Trinajstić information content (AvgIpc) is 3.33. The maximum atomic E-state index is 12.8. The number of amidine groups is 2. The van der Waals surface area contributed by atoms with Gasteiger partial charge in [0.15, 0.2) is 5.17 Å². The first kappa shape index (κ1) is 24.6. The first-order valence-corrected chi connectivity index (χ1v) is 13.0. The molecule has 5 rings (SSSR count). The summed E-state index contributed by atoms with van der Waals surface area (Å²) in [7, 11) is 0. The number of aliphatic imine (C=N–C) groups is 1. The van der Waals surface area contributed by atoms with Gasteiger partial charge in [0.1, 0.15) is 30.5 Å². The van der Waals surface area contributed by atoms with Gasteiger partial charge in [-0.05, 0) is 65.9 Å². The second kappa shape index (κ2) is 10.9. The summed E-state index contributed by atoms with van der Waals surface area (Å²) in [6, 6.07) is 23.5. The number of nitrogens with zero attached hydrogens (tertiary/aromatic N) is 2. The molecule has 1 N–H and O–H groups in total. The van der Waals surface area contributed by atoms with Gasteiger partial charge in [-0.3, -0.25) is 15.1 Å². The highest BCUT2D eigenvalue weighted by Crippen LogP contribution is 2.37. The van der Waals surface area contributed by atoms with Gasteiger partial charge in [0.2, 0.25) is 0 Å². The summed E-state index contributed by atoms with van der Waals surface area (Å²) in [4.78, 5) is 18.7. The van der Waals surface area contributed by atoms with E-state index in [9.17, 15) is 4.79 Å². The number of benzene rings is 3. The molecule has 37 heavy (non-hydrogen) atoms. The van der Waals surface area contributed by atoms with Crippen LogP contribution in [-0.4, -0.2) is 35.0 Å². The van der Waals surface area contributed by atoms with E-state index in [1.807, 2.05) is 66.1 Å². The first-order chi connectivity index (χ1) is 18.0. The highest BCUT2D eigenvalue weighted by atomic mass is 32.2. The monoisotopic (exact) mass is 509 g/mol. The van der Waals surface area contributed by atoms with Gasteiger partial charge < -0.3 is 9.47 Å². The summed E-state index contributed by atoms with van der Waals surface area (Å²) in [5, 5.41) is 11.2. The van der Waals surface area contributed by atoms with Crippen molar-refractivity contribution in [2.24, 2.45) is 4.99 Å². The Kier molecular flexibility index (Phi) is 7.23. The van der Waals surface area contributed by atoms with Gasteiger partial charge in [0.05, 0.1) is 11.3 Å². The van der Waals surface area contributed by atoms with E-state index in [4.69, 9.17) is 14.9 Å². The summed E-state index contributed by atoms with van der Waals surface area (Å²) in [6.07, 6.45) is 2.66. The molecule has 0 aliphatic carbocycles. The summed E-state index contributed by atoms with van der Waals surface area (Å²) < 4.78 is 11.8. The van der Waals surface area contributed by atoms with Crippen molar-refractivity contribution in [2.75, 3.05) is 13.2 Å². The summed E-state index contributed by atoms with van der Waals surface area (Å²) in [5.74, 6) is 1.20. The molecule has 0 aromatic heterocycles. The largest absolute Gasteiger partial charge is 0.490 e. The van der Waals surface area contributed by atoms with Crippen molar-refractivity contribution in [3.8, 4) is 11.5 Å². The molecule has 0 fully saturated rings. The molecular formula is C30H27N3O3S. The SMILES string of the molecule is CCc1cc(C)cc(OCCOc2cccc(C=C3C(=N)N4C(c5ccccc5)=CSC4=NC3=O)c2)c1. The predicted molar refractivity (Wildman–Crippen MR) is 150 cm³/mol. The zero-order chi connectivity index (χ0) is 25.8. The zero-order valence-electron chi connectivity index (χ0n) is 20.7. The Morgan fingerprint density at radius 3 is 2.54 bits per heavy atom. The van der Waals surface area contributed by atoms with Crippen LogP contribution >= 0.6 is 11.8 Å². The molecule has 0 saturated carbocycles. The second-order valence-corrected chi connectivity index (χ2v) is 9.54. The van der Waals surface area contributed by atoms with E-state index in [-0.39, 0.29) is 11.4 Å². The number of amides is 1. The molecule has 7 heteroatoms. The standard InChI is InChI=1S/C30H27N3O3S/c1-3-21-14-20(2)15-25(16-21)36-13-12-35-24-11-7-8-22(17-24)18-26-28(31)33-27(23-9-5-4-6-10-23)19-37-30(33)32-29(26)34/h4-11,14-19,31H,3,12-13H2,1-2H3. The minimum absolute atomic E-state index is 0.111. The fourth-order valence-electron chi connectivity index (χ4n) is 4.21. The third-order valence-electron chi connectivity index (χ3n) is 5.99. The maximum absolute atomic E-state index is 12.8. The lowest BCUT2D eigenvalue weighted by Crippen LogP contribution is -2.38. The number of fused-ring (bicyclic) bond motifs is 1. The van der Waals surface area contributed by atoms with Gasteiger partial charge in [-0.1, -0.05) is 67.2 Å². The molecule has 0 unspecified atom stereocenters. The number of hydrogen-bond donors (Lipinski definition) is 1. The van der Waals surface area contributed by atoms with Crippen LogP contribution in [0.25, 0.3) is 11.8 Å². The normalized spacial score (nSPS) is 15.9. The fraction of sp³-hybridized carbons (Fsp3) is 0.167. The van der Waals surface area contributed by atoms with Crippen LogP contribution < -0.4 is 9.47 Å². The van der Waals surface area contributed by atoms with Crippen LogP contribution in [0.2, 0.25) is 0 Å². The van der Waals surface area contributed by atoms with Crippen LogP contribution in [0.4, 0.5) is 0 Å². The topological polar surface area (TPSA) is 75.0 Å². The smallest absolute Gasteiger partial charge is 0.283 e. The molecule has 2 aliphatic heterocycles. The van der Waals surface area contributed by atoms with Crippen molar-refractivity contribution < 1.29 is 14.3 Å². The Hall–Kier alpha value is -4.10. The minimum Gasteiger partial charge on any atom is -0.490 e. The number of hydrogen-bond acceptors (Lipinski definition) is 5. The van der Waals surface area contributed by atoms with E-state index < -0.39 is 5.91 Å². The lowest BCUT2D eigenvalue weighted by atomic mass is 10.1. The van der Waals surface area contributed by atoms with Gasteiger partial charge in [-0.25, -0.2) is 0 Å². The first-order valence-electron chi connectivity index (χ1n) is 12.1. The molecule has 3 aromatic rings. The van der Waals surface area contributed by atoms with Crippen molar-refractivity contribution in [2.45, 2.75) is 20.3 Å². The van der Waals surface area contributed by atoms with Crippen molar-refractivity contribution in [3.05, 3.63) is 106 Å². The van der Waals surface area contributed by atoms with Gasteiger partial charge in [0.25, 0.3) is 5.91 Å². The van der Waals surface area contributed by atoms with Crippen LogP contribution in [0.3, 0.4) is 0 Å². The van der Waals surface area contributed by atoms with Crippen LogP contribution in [0, 0.1) is 12.3 Å². The summed E-state index contributed by atoms with van der Waals surface area (Å²) in [6.45, 7) is 4.99. The summed E-state index contributed by atoms with van der Waals surface area (Å²) in [5.41, 5.74) is 5.22. The van der Waals surface area contributed by atoms with Crippen LogP contribution in [-0.2, 0) is 11.2 Å². The van der Waals surface area contributed by atoms with Gasteiger partial charge in [0, 0.05) is 5.41 Å². The Labute approximate surface area is 220 Å². The molecule has 3 aromatic carbocycles. The second-order valence-electron chi connectivity index (χ2n) is 8.71. The lowest BCUT2D eigenvalue weighted by Gasteiger charge is -2.26. The third-order valence-corrected chi connectivity index (χ3v) is 6.82. The Bertz CT molecular complexity index is 1440. The molecule has 186 valence electrons. The molecular weight excluding hydrogens is 482 g/mol. The van der Waals surface area contributed by atoms with Crippen LogP contribution in [0.15, 0.2) is 88.8 Å². The minimum atomic E-state index is -0.421. The number of ether oxygens (including phenoxy) is 2. The average molecular weight is 510 g/mol. The molecule has 1 amide bonds. The van der Waals surface area contributed by atoms with Crippen LogP contribution in [0.1, 0.15) is 29.2 Å². The van der Waals surface area contributed by atoms with E-state index in [0.29, 0.717) is 24.1 Å². The molecule has 0 radical (unpaired) electrons. The van der Waals surface area contributed by atoms with E-state index in [1.54, 1.807) is 11.0 Å². The molecule has 0 saturated heterocycles. The molecule has 0 atom stereocenters. The van der Waals surface area contributed by atoms with Gasteiger partial charge in [-0.2, -0.15) is 4.99 Å². The van der Waals surface area contributed by atoms with Crippen molar-refractivity contribution in [1.29, 1.82) is 5.41 Å². The number of carbonyl (C=O) groups excluding carboxylic acids is 1. The molecule has 6 nitrogen and oxygen atoms in total. The predicted octanol–water partition coefficient (Wildman–Crippen LogP) is 6.32. The lowest BCUT2D eigenvalue weighted by molar-refractivity contribution is -0.114. The third kappa shape index (κ3) is 5.52. The molecule has 2 heterocycles. The number of carbonyl (C=O) groups is 1. The Morgan fingerprint density at radius 1 is 0.973 bits per heavy atom. The fourth-order valence-corrected chi connectivity index (χ4v) is 5.10. The van der Waals surface area contributed by atoms with E-state index >= 15 is 0 Å². The highest BCUT2D eigenvalue weighted by Gasteiger charge is 2.36. The molecule has 2 aliphatic rings. The van der Waals surface area contributed by atoms with E-state index in [1.165, 1.54) is 22.9 Å². The number of nitrogens with one attached hydrogen (secondary N) is 1. The van der Waals surface area contributed by atoms with Gasteiger partial charge in [-0.15, -0.1) is 0 Å². The zero-order valence-corrected chi connectivity index (χ0v) is 21.5. The molecule has 0 bridgehead atoms. The van der Waals surface area contributed by atoms with Crippen LogP contribution in [0.5, 0.6) is 11.5 Å². The Balaban J connectivity index is 1.27. The van der Waals surface area contributed by atoms with E-state index in [0.717, 1.165) is 29.0 Å². The number of aryl methyl sites for hydroxylation is 2.